The minimum Gasteiger partial charge on any atom is -0.493 e. The van der Waals surface area contributed by atoms with E-state index in [2.05, 4.69) is 20.4 Å². The summed E-state index contributed by atoms with van der Waals surface area (Å²) < 4.78 is 5.74. The van der Waals surface area contributed by atoms with E-state index in [0.717, 1.165) is 24.7 Å². The molecule has 0 radical (unpaired) electrons. The van der Waals surface area contributed by atoms with Crippen molar-refractivity contribution in [1.82, 2.24) is 0 Å². The fourth-order valence-electron chi connectivity index (χ4n) is 1.59. The molecule has 2 nitrogen and oxygen atoms in total. The van der Waals surface area contributed by atoms with E-state index in [1.54, 1.807) is 6.07 Å². The summed E-state index contributed by atoms with van der Waals surface area (Å²) in [6.07, 6.45) is 4.37. The van der Waals surface area contributed by atoms with Crippen LogP contribution in [0.3, 0.4) is 0 Å². The van der Waals surface area contributed by atoms with Crippen molar-refractivity contribution in [3.8, 4) is 5.75 Å². The molecule has 0 aliphatic rings. The lowest BCUT2D eigenvalue weighted by Gasteiger charge is -2.13. The molecule has 0 aliphatic carbocycles. The first-order chi connectivity index (χ1) is 8.19. The highest BCUT2D eigenvalue weighted by molar-refractivity contribution is 5.80. The second-order valence-electron chi connectivity index (χ2n) is 4.48. The van der Waals surface area contributed by atoms with Crippen LogP contribution in [0.4, 0.5) is 0 Å². The van der Waals surface area contributed by atoms with Crippen molar-refractivity contribution in [2.24, 2.45) is 5.92 Å². The van der Waals surface area contributed by atoms with Crippen LogP contribution < -0.4 is 4.74 Å². The zero-order chi connectivity index (χ0) is 12.7. The Bertz CT molecular complexity index is 381. The van der Waals surface area contributed by atoms with Gasteiger partial charge in [-0.05, 0) is 30.4 Å². The Labute approximate surface area is 103 Å². The molecule has 0 bridgehead atoms. The van der Waals surface area contributed by atoms with E-state index in [0.29, 0.717) is 23.8 Å². The summed E-state index contributed by atoms with van der Waals surface area (Å²) in [6.45, 7) is 8.67. The van der Waals surface area contributed by atoms with Crippen LogP contribution in [-0.4, -0.2) is 12.9 Å². The van der Waals surface area contributed by atoms with E-state index < -0.39 is 0 Å². The van der Waals surface area contributed by atoms with E-state index in [-0.39, 0.29) is 0 Å². The average molecular weight is 232 g/mol. The predicted octanol–water partition coefficient (Wildman–Crippen LogP) is 3.65. The summed E-state index contributed by atoms with van der Waals surface area (Å²) in [5.74, 6) is 1.31. The normalized spacial score (nSPS) is 10.3. The average Bonchev–Trinajstić information content (AvgIpc) is 2.30. The van der Waals surface area contributed by atoms with Crippen LogP contribution in [-0.2, 0) is 6.42 Å². The maximum atomic E-state index is 11.0. The number of hydrogen-bond donors (Lipinski definition) is 0. The number of aldehydes is 1. The number of carbonyl (C=O) groups is 1. The molecular formula is C15H20O2. The van der Waals surface area contributed by atoms with Crippen LogP contribution >= 0.6 is 0 Å². The number of hydrogen-bond acceptors (Lipinski definition) is 2. The van der Waals surface area contributed by atoms with Crippen molar-refractivity contribution >= 4 is 6.29 Å². The third-order valence-corrected chi connectivity index (χ3v) is 2.56. The van der Waals surface area contributed by atoms with Crippen molar-refractivity contribution < 1.29 is 9.53 Å². The van der Waals surface area contributed by atoms with E-state index in [1.165, 1.54) is 0 Å². The largest absolute Gasteiger partial charge is 0.493 e. The second kappa shape index (κ2) is 6.89. The molecule has 17 heavy (non-hydrogen) atoms. The Kier molecular flexibility index (Phi) is 5.47. The van der Waals surface area contributed by atoms with Crippen molar-refractivity contribution in [2.45, 2.75) is 26.7 Å². The van der Waals surface area contributed by atoms with E-state index >= 15 is 0 Å². The number of carbonyl (C=O) groups excluding carboxylic acids is 1. The third-order valence-electron chi connectivity index (χ3n) is 2.56. The summed E-state index contributed by atoms with van der Waals surface area (Å²) in [4.78, 5) is 11.0. The summed E-state index contributed by atoms with van der Waals surface area (Å²) in [7, 11) is 0. The smallest absolute Gasteiger partial charge is 0.153 e. The lowest BCUT2D eigenvalue weighted by molar-refractivity contribution is 0.111. The van der Waals surface area contributed by atoms with Gasteiger partial charge in [0.05, 0.1) is 12.2 Å². The molecular weight excluding hydrogens is 212 g/mol. The van der Waals surface area contributed by atoms with Gasteiger partial charge in [-0.15, -0.1) is 6.58 Å². The second-order valence-corrected chi connectivity index (χ2v) is 4.48. The molecule has 1 rings (SSSR count). The lowest BCUT2D eigenvalue weighted by atomic mass is 10.1. The molecule has 0 amide bonds. The number of ether oxygens (including phenoxy) is 1. The van der Waals surface area contributed by atoms with Crippen LogP contribution in [0.1, 0.15) is 36.2 Å². The fourth-order valence-corrected chi connectivity index (χ4v) is 1.59. The highest BCUT2D eigenvalue weighted by atomic mass is 16.5. The highest BCUT2D eigenvalue weighted by Gasteiger charge is 2.08. The van der Waals surface area contributed by atoms with E-state index in [1.807, 2.05) is 18.2 Å². The van der Waals surface area contributed by atoms with Gasteiger partial charge >= 0.3 is 0 Å². The molecule has 0 aliphatic heterocycles. The Morgan fingerprint density at radius 1 is 1.41 bits per heavy atom. The predicted molar refractivity (Wildman–Crippen MR) is 70.7 cm³/mol. The minimum atomic E-state index is 0.598. The van der Waals surface area contributed by atoms with Gasteiger partial charge in [-0.3, -0.25) is 4.79 Å². The molecule has 92 valence electrons. The quantitative estimate of drug-likeness (QED) is 0.530. The molecule has 0 saturated carbocycles. The molecule has 0 unspecified atom stereocenters. The molecule has 2 heteroatoms. The molecule has 0 N–H and O–H groups in total. The maximum Gasteiger partial charge on any atom is 0.153 e. The minimum absolute atomic E-state index is 0.598. The van der Waals surface area contributed by atoms with E-state index in [4.69, 9.17) is 4.74 Å². The van der Waals surface area contributed by atoms with Gasteiger partial charge in [0.1, 0.15) is 5.75 Å². The Balaban J connectivity index is 2.84. The first-order valence-corrected chi connectivity index (χ1v) is 5.99. The van der Waals surface area contributed by atoms with Crippen LogP contribution in [0.25, 0.3) is 0 Å². The van der Waals surface area contributed by atoms with Gasteiger partial charge in [-0.25, -0.2) is 0 Å². The Hall–Kier alpha value is -1.57. The monoisotopic (exact) mass is 232 g/mol. The molecule has 1 aromatic rings. The van der Waals surface area contributed by atoms with Gasteiger partial charge in [-0.2, -0.15) is 0 Å². The van der Waals surface area contributed by atoms with Gasteiger partial charge in [0.25, 0.3) is 0 Å². The molecule has 0 fully saturated rings. The van der Waals surface area contributed by atoms with Gasteiger partial charge in [0, 0.05) is 0 Å². The van der Waals surface area contributed by atoms with Crippen LogP contribution in [0.2, 0.25) is 0 Å². The van der Waals surface area contributed by atoms with Crippen LogP contribution in [0.15, 0.2) is 30.9 Å². The van der Waals surface area contributed by atoms with Crippen LogP contribution in [0, 0.1) is 5.92 Å². The topological polar surface area (TPSA) is 26.3 Å². The summed E-state index contributed by atoms with van der Waals surface area (Å²) in [5, 5.41) is 0. The van der Waals surface area contributed by atoms with E-state index in [9.17, 15) is 4.79 Å². The summed E-state index contributed by atoms with van der Waals surface area (Å²) in [6, 6.07) is 5.63. The zero-order valence-corrected chi connectivity index (χ0v) is 10.6. The third kappa shape index (κ3) is 4.06. The number of benzene rings is 1. The first-order valence-electron chi connectivity index (χ1n) is 5.99. The Morgan fingerprint density at radius 3 is 2.76 bits per heavy atom. The Morgan fingerprint density at radius 2 is 2.18 bits per heavy atom. The van der Waals surface area contributed by atoms with Crippen molar-refractivity contribution in [2.75, 3.05) is 6.61 Å². The summed E-state index contributed by atoms with van der Waals surface area (Å²) in [5.41, 5.74) is 1.64. The SMILES string of the molecule is C=CCc1cccc(C=O)c1OCCC(C)C. The standard InChI is InChI=1S/C15H20O2/c1-4-6-13-7-5-8-14(11-16)15(13)17-10-9-12(2)3/h4-5,7-8,11-12H,1,6,9-10H2,2-3H3. The van der Waals surface area contributed by atoms with Gasteiger partial charge < -0.3 is 4.74 Å². The van der Waals surface area contributed by atoms with Crippen molar-refractivity contribution in [3.05, 3.63) is 42.0 Å². The lowest BCUT2D eigenvalue weighted by Crippen LogP contribution is -2.05. The van der Waals surface area contributed by atoms with Crippen LogP contribution in [0.5, 0.6) is 5.75 Å². The maximum absolute atomic E-state index is 11.0. The molecule has 0 spiro atoms. The summed E-state index contributed by atoms with van der Waals surface area (Å²) >= 11 is 0. The fraction of sp³-hybridized carbons (Fsp3) is 0.400. The first kappa shape index (κ1) is 13.5. The molecule has 0 atom stereocenters. The van der Waals surface area contributed by atoms with Gasteiger partial charge in [0.2, 0.25) is 0 Å². The van der Waals surface area contributed by atoms with Crippen molar-refractivity contribution in [3.63, 3.8) is 0 Å². The molecule has 1 aromatic carbocycles. The van der Waals surface area contributed by atoms with Crippen molar-refractivity contribution in [1.29, 1.82) is 0 Å². The number of rotatable bonds is 7. The number of allylic oxidation sites excluding steroid dienone is 1. The van der Waals surface area contributed by atoms with Gasteiger partial charge in [0.15, 0.2) is 6.29 Å². The molecule has 0 aromatic heterocycles. The molecule has 0 heterocycles. The highest BCUT2D eigenvalue weighted by Crippen LogP contribution is 2.24. The zero-order valence-electron chi connectivity index (χ0n) is 10.6. The number of para-hydroxylation sites is 1. The van der Waals surface area contributed by atoms with Gasteiger partial charge in [-0.1, -0.05) is 32.1 Å². The molecule has 0 saturated heterocycles.